The van der Waals surface area contributed by atoms with Gasteiger partial charge in [0.25, 0.3) is 0 Å². The Kier molecular flexibility index (Phi) is 4.91. The van der Waals surface area contributed by atoms with Crippen LogP contribution in [0.5, 0.6) is 0 Å². The van der Waals surface area contributed by atoms with Crippen LogP contribution in [-0.4, -0.2) is 46.4 Å². The van der Waals surface area contributed by atoms with Crippen molar-refractivity contribution in [1.82, 2.24) is 10.2 Å². The van der Waals surface area contributed by atoms with E-state index >= 15 is 0 Å². The van der Waals surface area contributed by atoms with Crippen LogP contribution in [-0.2, 0) is 14.4 Å². The zero-order valence-corrected chi connectivity index (χ0v) is 11.8. The van der Waals surface area contributed by atoms with Crippen LogP contribution in [0.25, 0.3) is 0 Å². The molecule has 2 amide bonds. The van der Waals surface area contributed by atoms with Crippen LogP contribution in [0.1, 0.15) is 34.1 Å². The van der Waals surface area contributed by atoms with E-state index in [1.54, 1.807) is 18.7 Å². The molecule has 19 heavy (non-hydrogen) atoms. The number of rotatable bonds is 5. The second kappa shape index (κ2) is 6.04. The summed E-state index contributed by atoms with van der Waals surface area (Å²) in [6, 6.07) is -0.367. The van der Waals surface area contributed by atoms with Gasteiger partial charge in [0.15, 0.2) is 0 Å². The smallest absolute Gasteiger partial charge is 0.308 e. The number of carboxylic acid groups (broad SMARTS) is 1. The first-order chi connectivity index (χ1) is 8.73. The number of hydrogen-bond acceptors (Lipinski definition) is 3. The van der Waals surface area contributed by atoms with Gasteiger partial charge < -0.3 is 15.3 Å². The van der Waals surface area contributed by atoms with E-state index in [-0.39, 0.29) is 30.2 Å². The van der Waals surface area contributed by atoms with Gasteiger partial charge in [0, 0.05) is 25.0 Å². The molecule has 1 saturated heterocycles. The predicted molar refractivity (Wildman–Crippen MR) is 69.4 cm³/mol. The number of carbonyl (C=O) groups is 3. The van der Waals surface area contributed by atoms with E-state index in [1.165, 1.54) is 0 Å². The van der Waals surface area contributed by atoms with Gasteiger partial charge in [-0.3, -0.25) is 14.4 Å². The Hall–Kier alpha value is -1.59. The number of carboxylic acids is 1. The second-order valence-electron chi connectivity index (χ2n) is 5.47. The quantitative estimate of drug-likeness (QED) is 0.760. The van der Waals surface area contributed by atoms with E-state index in [9.17, 15) is 14.4 Å². The third-order valence-corrected chi connectivity index (χ3v) is 3.66. The maximum Gasteiger partial charge on any atom is 0.308 e. The van der Waals surface area contributed by atoms with Gasteiger partial charge in [-0.15, -0.1) is 0 Å². The summed E-state index contributed by atoms with van der Waals surface area (Å²) in [5.41, 5.74) is 0. The Labute approximate surface area is 113 Å². The molecule has 1 fully saturated rings. The fourth-order valence-electron chi connectivity index (χ4n) is 2.09. The van der Waals surface area contributed by atoms with E-state index < -0.39 is 17.9 Å². The molecule has 0 aromatic heterocycles. The summed E-state index contributed by atoms with van der Waals surface area (Å²) in [4.78, 5) is 36.2. The van der Waals surface area contributed by atoms with Crippen molar-refractivity contribution < 1.29 is 19.5 Å². The van der Waals surface area contributed by atoms with Crippen molar-refractivity contribution in [1.29, 1.82) is 0 Å². The van der Waals surface area contributed by atoms with Crippen molar-refractivity contribution in [2.45, 2.75) is 46.2 Å². The molecule has 108 valence electrons. The van der Waals surface area contributed by atoms with Crippen molar-refractivity contribution in [2.24, 2.45) is 11.8 Å². The third kappa shape index (κ3) is 3.68. The van der Waals surface area contributed by atoms with Gasteiger partial charge in [-0.25, -0.2) is 0 Å². The average Bonchev–Trinajstić information content (AvgIpc) is 2.70. The highest BCUT2D eigenvalue weighted by Gasteiger charge is 2.36. The Morgan fingerprint density at radius 1 is 1.32 bits per heavy atom. The lowest BCUT2D eigenvalue weighted by Crippen LogP contribution is -2.43. The molecule has 3 unspecified atom stereocenters. The van der Waals surface area contributed by atoms with Crippen molar-refractivity contribution in [2.75, 3.05) is 6.54 Å². The number of likely N-dealkylation sites (tertiary alicyclic amines) is 1. The highest BCUT2D eigenvalue weighted by atomic mass is 16.4. The molecule has 3 atom stereocenters. The van der Waals surface area contributed by atoms with Gasteiger partial charge in [-0.1, -0.05) is 0 Å². The first-order valence-electron chi connectivity index (χ1n) is 6.56. The summed E-state index contributed by atoms with van der Waals surface area (Å²) in [5.74, 6) is -2.23. The highest BCUT2D eigenvalue weighted by Crippen LogP contribution is 2.20. The van der Waals surface area contributed by atoms with E-state index in [1.807, 2.05) is 13.8 Å². The second-order valence-corrected chi connectivity index (χ2v) is 5.47. The van der Waals surface area contributed by atoms with Gasteiger partial charge in [-0.05, 0) is 27.7 Å². The first-order valence-corrected chi connectivity index (χ1v) is 6.56. The van der Waals surface area contributed by atoms with Crippen LogP contribution in [0.15, 0.2) is 0 Å². The van der Waals surface area contributed by atoms with Gasteiger partial charge in [0.1, 0.15) is 0 Å². The molecule has 0 aromatic carbocycles. The summed E-state index contributed by atoms with van der Waals surface area (Å²) < 4.78 is 0. The molecule has 6 heteroatoms. The largest absolute Gasteiger partial charge is 0.481 e. The monoisotopic (exact) mass is 270 g/mol. The molecule has 0 saturated carbocycles. The Balaban J connectivity index is 2.56. The molecule has 1 aliphatic heterocycles. The number of carbonyl (C=O) groups excluding carboxylic acids is 2. The topological polar surface area (TPSA) is 86.7 Å². The van der Waals surface area contributed by atoms with E-state index in [2.05, 4.69) is 5.32 Å². The zero-order chi connectivity index (χ0) is 14.7. The van der Waals surface area contributed by atoms with Crippen LogP contribution in [0.3, 0.4) is 0 Å². The number of amides is 2. The summed E-state index contributed by atoms with van der Waals surface area (Å²) in [5, 5.41) is 11.6. The zero-order valence-electron chi connectivity index (χ0n) is 11.8. The van der Waals surface area contributed by atoms with Crippen molar-refractivity contribution in [3.8, 4) is 0 Å². The summed E-state index contributed by atoms with van der Waals surface area (Å²) in [7, 11) is 0. The van der Waals surface area contributed by atoms with Gasteiger partial charge in [-0.2, -0.15) is 0 Å². The molecule has 0 spiro atoms. The van der Waals surface area contributed by atoms with Crippen LogP contribution < -0.4 is 5.32 Å². The van der Waals surface area contributed by atoms with Crippen molar-refractivity contribution in [3.05, 3.63) is 0 Å². The predicted octanol–water partition coefficient (Wildman–Crippen LogP) is 0.469. The average molecular weight is 270 g/mol. The lowest BCUT2D eigenvalue weighted by atomic mass is 10.0. The van der Waals surface area contributed by atoms with Gasteiger partial charge >= 0.3 is 5.97 Å². The van der Waals surface area contributed by atoms with E-state index in [0.29, 0.717) is 6.54 Å². The highest BCUT2D eigenvalue weighted by molar-refractivity contribution is 5.89. The number of nitrogens with one attached hydrogen (secondary N) is 1. The maximum absolute atomic E-state index is 12.0. The van der Waals surface area contributed by atoms with Crippen molar-refractivity contribution in [3.63, 3.8) is 0 Å². The molecule has 0 radical (unpaired) electrons. The summed E-state index contributed by atoms with van der Waals surface area (Å²) in [6.45, 7) is 7.44. The summed E-state index contributed by atoms with van der Waals surface area (Å²) >= 11 is 0. The number of hydrogen-bond donors (Lipinski definition) is 2. The Bertz CT molecular complexity index is 381. The third-order valence-electron chi connectivity index (χ3n) is 3.66. The summed E-state index contributed by atoms with van der Waals surface area (Å²) in [6.07, 6.45) is 0.207. The minimum absolute atomic E-state index is 0.0194. The maximum atomic E-state index is 12.0. The lowest BCUT2D eigenvalue weighted by Gasteiger charge is -2.22. The molecule has 1 heterocycles. The molecule has 2 N–H and O–H groups in total. The SMILES string of the molecule is CC(NC(=O)C1CC(=O)N(C(C)C)C1)C(C)C(=O)O. The van der Waals surface area contributed by atoms with Crippen LogP contribution in [0.4, 0.5) is 0 Å². The standard InChI is InChI=1S/C13H22N2O4/c1-7(2)15-6-10(5-11(15)16)12(17)14-9(4)8(3)13(18)19/h7-10H,5-6H2,1-4H3,(H,14,17)(H,18,19). The minimum Gasteiger partial charge on any atom is -0.481 e. The first kappa shape index (κ1) is 15.5. The van der Waals surface area contributed by atoms with Gasteiger partial charge in [0.05, 0.1) is 11.8 Å². The van der Waals surface area contributed by atoms with Crippen molar-refractivity contribution >= 4 is 17.8 Å². The molecule has 0 bridgehead atoms. The van der Waals surface area contributed by atoms with Crippen LogP contribution in [0, 0.1) is 11.8 Å². The molecule has 0 aromatic rings. The van der Waals surface area contributed by atoms with E-state index in [0.717, 1.165) is 0 Å². The fraction of sp³-hybridized carbons (Fsp3) is 0.769. The molecule has 6 nitrogen and oxygen atoms in total. The molecule has 1 rings (SSSR count). The van der Waals surface area contributed by atoms with Crippen LogP contribution in [0.2, 0.25) is 0 Å². The number of nitrogens with zero attached hydrogens (tertiary/aromatic N) is 1. The van der Waals surface area contributed by atoms with Crippen LogP contribution >= 0.6 is 0 Å². The molecular weight excluding hydrogens is 248 g/mol. The van der Waals surface area contributed by atoms with E-state index in [4.69, 9.17) is 5.11 Å². The van der Waals surface area contributed by atoms with Gasteiger partial charge in [0.2, 0.25) is 11.8 Å². The molecule has 0 aliphatic carbocycles. The Morgan fingerprint density at radius 2 is 1.89 bits per heavy atom. The lowest BCUT2D eigenvalue weighted by molar-refractivity contribution is -0.142. The Morgan fingerprint density at radius 3 is 2.32 bits per heavy atom. The fourth-order valence-corrected chi connectivity index (χ4v) is 2.09. The normalized spacial score (nSPS) is 22.5. The molecular formula is C13H22N2O4. The number of aliphatic carboxylic acids is 1. The molecule has 1 aliphatic rings. The minimum atomic E-state index is -0.945.